The van der Waals surface area contributed by atoms with Crippen molar-refractivity contribution in [3.05, 3.63) is 220 Å². The van der Waals surface area contributed by atoms with Crippen LogP contribution in [0.4, 0.5) is 0 Å². The molecule has 0 saturated carbocycles. The largest absolute Gasteiger partial charge is 0.486 e. The molecule has 84 heavy (non-hydrogen) atoms. The van der Waals surface area contributed by atoms with Gasteiger partial charge in [-0.1, -0.05) is 37.1 Å². The number of aromatic nitrogens is 6. The number of aromatic amines is 2. The van der Waals surface area contributed by atoms with Crippen molar-refractivity contribution in [2.75, 3.05) is 13.2 Å². The molecule has 10 rings (SSSR count). The van der Waals surface area contributed by atoms with E-state index in [-0.39, 0.29) is 93.4 Å². The van der Waals surface area contributed by atoms with Crippen molar-refractivity contribution in [2.24, 2.45) is 0 Å². The first-order valence-electron chi connectivity index (χ1n) is 26.8. The average Bonchev–Trinajstić information content (AvgIpc) is 4.19. The van der Waals surface area contributed by atoms with Crippen LogP contribution in [0.3, 0.4) is 0 Å². The number of hydrogen-bond acceptors (Lipinski definition) is 14. The number of aliphatic carboxylic acids is 2. The highest BCUT2D eigenvalue weighted by atomic mass is 16.5. The summed E-state index contributed by atoms with van der Waals surface area (Å²) in [5.74, 6) is -4.41. The molecule has 0 fully saturated rings. The third-order valence-corrected chi connectivity index (χ3v) is 15.0. The minimum atomic E-state index is -1.38. The number of allylic oxidation sites excluding steroid dienone is 6. The van der Waals surface area contributed by atoms with Gasteiger partial charge in [0.15, 0.2) is 11.6 Å². The Bertz CT molecular complexity index is 4270. The summed E-state index contributed by atoms with van der Waals surface area (Å²) in [6, 6.07) is 19.2. The maximum atomic E-state index is 14.3. The van der Waals surface area contributed by atoms with Crippen LogP contribution in [0.5, 0.6) is 0 Å². The number of ketones is 4. The van der Waals surface area contributed by atoms with E-state index in [2.05, 4.69) is 9.97 Å². The molecular formula is C62H54N8O14. The number of carboxylic acid groups (broad SMARTS) is 2. The van der Waals surface area contributed by atoms with Crippen LogP contribution < -0.4 is 22.5 Å². The van der Waals surface area contributed by atoms with Crippen LogP contribution in [-0.4, -0.2) is 97.8 Å². The van der Waals surface area contributed by atoms with Crippen LogP contribution in [0.2, 0.25) is 0 Å². The summed E-state index contributed by atoms with van der Waals surface area (Å²) in [5.41, 5.74) is 1.86. The minimum absolute atomic E-state index is 0.0329. The average molecular weight is 1140 g/mol. The van der Waals surface area contributed by atoms with Gasteiger partial charge in [-0.2, -0.15) is 0 Å². The van der Waals surface area contributed by atoms with Crippen molar-refractivity contribution in [1.29, 1.82) is 10.8 Å². The van der Waals surface area contributed by atoms with Gasteiger partial charge in [-0.3, -0.25) is 38.4 Å². The lowest BCUT2D eigenvalue weighted by Crippen LogP contribution is -2.37. The SMILES string of the molecule is Cc1c(C2C=CC(OCC(=O)CCCCCCC(=O)COC3=CC(=N)C(c4c(C)c(C(=O)c5ccc6[nH]c(=O)n(CC(=O)O)c(=O)c6c5)n5ccccc45)C=C3)=CC2=N)c2ccccn2c1C(=O)c1ccc2[nH]c(=O)n(CC(=O)O)c(=O)c2c1. The van der Waals surface area contributed by atoms with Gasteiger partial charge in [0.25, 0.3) is 11.1 Å². The van der Waals surface area contributed by atoms with Gasteiger partial charge in [0.05, 0.1) is 44.2 Å². The van der Waals surface area contributed by atoms with Gasteiger partial charge in [0, 0.05) is 71.8 Å². The summed E-state index contributed by atoms with van der Waals surface area (Å²) < 4.78 is 16.2. The van der Waals surface area contributed by atoms with Crippen molar-refractivity contribution >= 4 is 79.3 Å². The zero-order valence-corrected chi connectivity index (χ0v) is 45.4. The molecule has 0 aliphatic heterocycles. The number of benzene rings is 2. The molecule has 2 unspecified atom stereocenters. The Morgan fingerprint density at radius 3 is 1.35 bits per heavy atom. The molecular weight excluding hydrogens is 1080 g/mol. The number of unbranched alkanes of at least 4 members (excludes halogenated alkanes) is 3. The maximum Gasteiger partial charge on any atom is 0.329 e. The lowest BCUT2D eigenvalue weighted by atomic mass is 9.87. The molecule has 426 valence electrons. The maximum absolute atomic E-state index is 14.3. The highest BCUT2D eigenvalue weighted by Gasteiger charge is 2.31. The number of nitrogens with one attached hydrogen (secondary N) is 4. The molecule has 22 nitrogen and oxygen atoms in total. The van der Waals surface area contributed by atoms with Crippen LogP contribution in [0.25, 0.3) is 32.8 Å². The number of carbonyl (C=O) groups excluding carboxylic acids is 4. The first-order valence-corrected chi connectivity index (χ1v) is 26.8. The summed E-state index contributed by atoms with van der Waals surface area (Å²) >= 11 is 0. The van der Waals surface area contributed by atoms with Gasteiger partial charge >= 0.3 is 23.3 Å². The fourth-order valence-corrected chi connectivity index (χ4v) is 11.0. The monoisotopic (exact) mass is 1130 g/mol. The molecule has 6 heterocycles. The number of pyridine rings is 2. The number of ether oxygens (including phenoxy) is 2. The molecule has 0 radical (unpaired) electrons. The van der Waals surface area contributed by atoms with Crippen LogP contribution in [0.1, 0.15) is 105 Å². The molecule has 0 bridgehead atoms. The van der Waals surface area contributed by atoms with Crippen molar-refractivity contribution < 1.29 is 48.5 Å². The molecule has 0 amide bonds. The first kappa shape index (κ1) is 56.6. The minimum Gasteiger partial charge on any atom is -0.486 e. The fourth-order valence-electron chi connectivity index (χ4n) is 11.0. The van der Waals surface area contributed by atoms with Crippen molar-refractivity contribution in [1.82, 2.24) is 27.9 Å². The highest BCUT2D eigenvalue weighted by Crippen LogP contribution is 2.37. The van der Waals surface area contributed by atoms with E-state index in [9.17, 15) is 58.2 Å². The third kappa shape index (κ3) is 11.1. The topological polar surface area (TPSA) is 328 Å². The summed E-state index contributed by atoms with van der Waals surface area (Å²) in [6.07, 6.45) is 16.5. The number of Topliss-reactive ketones (excluding diaryl/α,β-unsaturated/α-hetero) is 2. The van der Waals surface area contributed by atoms with E-state index in [1.165, 1.54) is 48.6 Å². The molecule has 0 spiro atoms. The van der Waals surface area contributed by atoms with Gasteiger partial charge < -0.3 is 49.3 Å². The number of rotatable bonds is 23. The van der Waals surface area contributed by atoms with Gasteiger partial charge in [-0.05, 0) is 122 Å². The summed E-state index contributed by atoms with van der Waals surface area (Å²) in [5, 5.41) is 36.4. The van der Waals surface area contributed by atoms with E-state index in [0.29, 0.717) is 79.6 Å². The smallest absolute Gasteiger partial charge is 0.329 e. The molecule has 2 aliphatic carbocycles. The Morgan fingerprint density at radius 1 is 0.560 bits per heavy atom. The molecule has 0 saturated heterocycles. The Labute approximate surface area is 474 Å². The van der Waals surface area contributed by atoms with Crippen molar-refractivity contribution in [3.63, 3.8) is 0 Å². The standard InChI is InChI=1S/C62H54N8O14/c1-33-53(49-13-7-9-23-67(49)55(33)57(77)35-15-21-47-43(25-35)59(79)69(29-51(73)74)61(81)65-47)41-19-17-39(27-45(41)63)83-31-37(71)11-5-3-4-6-12-38(72)32-84-40-18-20-42(46(64)28-40)54-34(2)56(68-24-10-8-14-50(54)68)58(78)36-16-22-48-44(26-36)60(80)70(30-52(75)76)62(82)66-48/h7-10,13-28,41-42,63-64H,3-6,11-12,29-32H2,1-2H3,(H,65,81)(H,66,82)(H,73,74)(H,75,76). The van der Waals surface area contributed by atoms with Gasteiger partial charge in [-0.15, -0.1) is 0 Å². The van der Waals surface area contributed by atoms with Gasteiger partial charge in [0.2, 0.25) is 11.6 Å². The lowest BCUT2D eigenvalue weighted by molar-refractivity contribution is -0.138. The Balaban J connectivity index is 0.680. The second-order valence-electron chi connectivity index (χ2n) is 20.5. The van der Waals surface area contributed by atoms with Crippen LogP contribution >= 0.6 is 0 Å². The van der Waals surface area contributed by atoms with E-state index >= 15 is 0 Å². The molecule has 8 aromatic rings. The van der Waals surface area contributed by atoms with Crippen LogP contribution in [0, 0.1) is 24.7 Å². The molecule has 2 atom stereocenters. The zero-order chi connectivity index (χ0) is 59.7. The van der Waals surface area contributed by atoms with Gasteiger partial charge in [-0.25, -0.2) is 18.7 Å². The number of hydrogen-bond donors (Lipinski definition) is 6. The zero-order valence-electron chi connectivity index (χ0n) is 45.4. The van der Waals surface area contributed by atoms with E-state index in [1.54, 1.807) is 71.5 Å². The lowest BCUT2D eigenvalue weighted by Gasteiger charge is -2.19. The summed E-state index contributed by atoms with van der Waals surface area (Å²) in [6.45, 7) is 1.43. The predicted molar refractivity (Wildman–Crippen MR) is 309 cm³/mol. The molecule has 22 heteroatoms. The molecule has 6 aromatic heterocycles. The number of H-pyrrole nitrogens is 2. The van der Waals surface area contributed by atoms with Crippen molar-refractivity contribution in [3.8, 4) is 0 Å². The number of nitrogens with zero attached hydrogens (tertiary/aromatic N) is 4. The quantitative estimate of drug-likeness (QED) is 0.0284. The Hall–Kier alpha value is -10.6. The van der Waals surface area contributed by atoms with Crippen LogP contribution in [-0.2, 0) is 41.7 Å². The normalized spacial score (nSPS) is 15.0. The second-order valence-corrected chi connectivity index (χ2v) is 20.5. The fraction of sp³-hybridized carbons (Fsp3) is 0.226. The predicted octanol–water partition coefficient (Wildman–Crippen LogP) is 6.77. The first-order chi connectivity index (χ1) is 40.3. The third-order valence-electron chi connectivity index (χ3n) is 15.0. The van der Waals surface area contributed by atoms with E-state index in [1.807, 2.05) is 24.3 Å². The van der Waals surface area contributed by atoms with Gasteiger partial charge in [0.1, 0.15) is 37.8 Å². The molecule has 2 aromatic carbocycles. The second kappa shape index (κ2) is 23.4. The van der Waals surface area contributed by atoms with E-state index in [0.717, 1.165) is 0 Å². The van der Waals surface area contributed by atoms with E-state index in [4.69, 9.17) is 20.3 Å². The number of carboxylic acids is 2. The summed E-state index contributed by atoms with van der Waals surface area (Å²) in [7, 11) is 0. The van der Waals surface area contributed by atoms with Crippen molar-refractivity contribution in [2.45, 2.75) is 77.3 Å². The Kier molecular flexibility index (Phi) is 15.8. The molecule has 6 N–H and O–H groups in total. The van der Waals surface area contributed by atoms with E-state index < -0.39 is 70.9 Å². The number of carbonyl (C=O) groups is 6. The highest BCUT2D eigenvalue weighted by molar-refractivity contribution is 6.14. The number of fused-ring (bicyclic) bond motifs is 4. The Morgan fingerprint density at radius 2 is 0.964 bits per heavy atom. The molecule has 2 aliphatic rings. The summed E-state index contributed by atoms with van der Waals surface area (Å²) in [4.78, 5) is 133. The van der Waals surface area contributed by atoms with Crippen LogP contribution in [0.15, 0.2) is 152 Å².